The second-order valence-electron chi connectivity index (χ2n) is 5.72. The van der Waals surface area contributed by atoms with Gasteiger partial charge in [0.25, 0.3) is 5.91 Å². The molecule has 1 heterocycles. The average molecular weight is 340 g/mol. The molecule has 1 aliphatic rings. The molecule has 0 spiro atoms. The maximum atomic E-state index is 13.1. The maximum absolute atomic E-state index is 13.1. The Hall–Kier alpha value is -1.74. The molecule has 0 unspecified atom stereocenters. The third kappa shape index (κ3) is 4.87. The van der Waals surface area contributed by atoms with Crippen molar-refractivity contribution in [3.8, 4) is 0 Å². The van der Waals surface area contributed by atoms with E-state index in [1.807, 2.05) is 0 Å². The average Bonchev–Trinajstić information content (AvgIpc) is 2.79. The fourth-order valence-electron chi connectivity index (χ4n) is 2.51. The zero-order chi connectivity index (χ0) is 17.3. The molecule has 5 nitrogen and oxygen atoms in total. The third-order valence-corrected chi connectivity index (χ3v) is 3.78. The number of alkyl halides is 5. The molecule has 10 heteroatoms. The summed E-state index contributed by atoms with van der Waals surface area (Å²) in [5.74, 6) is -3.35. The van der Waals surface area contributed by atoms with Crippen LogP contribution in [0, 0.1) is 6.92 Å². The van der Waals surface area contributed by atoms with Gasteiger partial charge >= 0.3 is 6.18 Å². The van der Waals surface area contributed by atoms with Gasteiger partial charge in [-0.05, 0) is 19.8 Å². The number of hydrogen-bond donors (Lipinski definition) is 1. The Labute approximate surface area is 129 Å². The molecule has 0 radical (unpaired) electrons. The lowest BCUT2D eigenvalue weighted by Crippen LogP contribution is -2.41. The number of aromatic nitrogens is 3. The molecule has 1 N–H and O–H groups in total. The minimum absolute atomic E-state index is 0.0633. The van der Waals surface area contributed by atoms with E-state index in [1.54, 1.807) is 0 Å². The number of carbonyl (C=O) groups is 1. The number of carbonyl (C=O) groups excluding carboxylic acids is 1. The van der Waals surface area contributed by atoms with Crippen molar-refractivity contribution in [2.45, 2.75) is 63.7 Å². The lowest BCUT2D eigenvalue weighted by atomic mass is 9.92. The maximum Gasteiger partial charge on any atom is 0.390 e. The molecule has 0 atom stereocenters. The minimum Gasteiger partial charge on any atom is -0.348 e. The molecular weight excluding hydrogens is 323 g/mol. The highest BCUT2D eigenvalue weighted by molar-refractivity contribution is 5.93. The van der Waals surface area contributed by atoms with Crippen molar-refractivity contribution in [1.29, 1.82) is 0 Å². The molecule has 130 valence electrons. The number of aryl methyl sites for hydroxylation is 2. The Morgan fingerprint density at radius 2 is 1.96 bits per heavy atom. The predicted molar refractivity (Wildman–Crippen MR) is 70.1 cm³/mol. The van der Waals surface area contributed by atoms with Gasteiger partial charge in [-0.1, -0.05) is 5.21 Å². The van der Waals surface area contributed by atoms with E-state index in [-0.39, 0.29) is 37.1 Å². The number of hydrogen-bond acceptors (Lipinski definition) is 3. The summed E-state index contributed by atoms with van der Waals surface area (Å²) in [5.41, 5.74) is 0.136. The lowest BCUT2D eigenvalue weighted by molar-refractivity contribution is -0.137. The van der Waals surface area contributed by atoms with Gasteiger partial charge in [0.2, 0.25) is 5.92 Å². The van der Waals surface area contributed by atoms with Gasteiger partial charge in [-0.2, -0.15) is 13.2 Å². The molecule has 1 saturated carbocycles. The first-order valence-electron chi connectivity index (χ1n) is 7.23. The molecule has 1 aliphatic carbocycles. The van der Waals surface area contributed by atoms with Crippen molar-refractivity contribution >= 4 is 5.91 Å². The van der Waals surface area contributed by atoms with E-state index in [2.05, 4.69) is 15.6 Å². The van der Waals surface area contributed by atoms with Crippen LogP contribution in [0.2, 0.25) is 0 Å². The van der Waals surface area contributed by atoms with Crippen LogP contribution in [0.4, 0.5) is 22.0 Å². The SMILES string of the molecule is Cc1nnn(CCC(F)(F)F)c1C(=O)NC1CCC(F)(F)CC1. The minimum atomic E-state index is -4.37. The number of amides is 1. The second-order valence-corrected chi connectivity index (χ2v) is 5.72. The van der Waals surface area contributed by atoms with Crippen molar-refractivity contribution < 1.29 is 26.7 Å². The van der Waals surface area contributed by atoms with Crippen LogP contribution in [0.5, 0.6) is 0 Å². The third-order valence-electron chi connectivity index (χ3n) is 3.78. The van der Waals surface area contributed by atoms with Crippen LogP contribution >= 0.6 is 0 Å². The first-order valence-corrected chi connectivity index (χ1v) is 7.23. The van der Waals surface area contributed by atoms with Crippen LogP contribution in [0.1, 0.15) is 48.3 Å². The molecular formula is C13H17F5N4O. The standard InChI is InChI=1S/C13H17F5N4O/c1-8-10(22(21-20-8)7-6-13(16,17)18)11(23)19-9-2-4-12(14,15)5-3-9/h9H,2-7H2,1H3,(H,19,23). The molecule has 1 amide bonds. The summed E-state index contributed by atoms with van der Waals surface area (Å²) in [7, 11) is 0. The number of nitrogens with one attached hydrogen (secondary N) is 1. The van der Waals surface area contributed by atoms with Crippen LogP contribution in [0.3, 0.4) is 0 Å². The van der Waals surface area contributed by atoms with E-state index in [0.29, 0.717) is 0 Å². The highest BCUT2D eigenvalue weighted by Crippen LogP contribution is 2.33. The van der Waals surface area contributed by atoms with E-state index in [4.69, 9.17) is 0 Å². The van der Waals surface area contributed by atoms with E-state index in [9.17, 15) is 26.7 Å². The van der Waals surface area contributed by atoms with E-state index < -0.39 is 37.0 Å². The van der Waals surface area contributed by atoms with Gasteiger partial charge in [0.05, 0.1) is 18.7 Å². The summed E-state index contributed by atoms with van der Waals surface area (Å²) >= 11 is 0. The summed E-state index contributed by atoms with van der Waals surface area (Å²) in [6.45, 7) is 0.941. The summed E-state index contributed by atoms with van der Waals surface area (Å²) in [6, 6.07) is -0.424. The first kappa shape index (κ1) is 17.6. The van der Waals surface area contributed by atoms with Gasteiger partial charge in [-0.15, -0.1) is 5.10 Å². The van der Waals surface area contributed by atoms with Gasteiger partial charge in [0.15, 0.2) is 0 Å². The molecule has 23 heavy (non-hydrogen) atoms. The highest BCUT2D eigenvalue weighted by Gasteiger charge is 2.36. The zero-order valence-electron chi connectivity index (χ0n) is 12.5. The summed E-state index contributed by atoms with van der Waals surface area (Å²) in [6.07, 6.45) is -5.89. The fraction of sp³-hybridized carbons (Fsp3) is 0.769. The lowest BCUT2D eigenvalue weighted by Gasteiger charge is -2.28. The predicted octanol–water partition coefficient (Wildman–Crippen LogP) is 2.85. The van der Waals surface area contributed by atoms with Crippen molar-refractivity contribution in [2.24, 2.45) is 0 Å². The molecule has 0 aromatic carbocycles. The molecule has 2 rings (SSSR count). The van der Waals surface area contributed by atoms with Gasteiger partial charge in [0, 0.05) is 18.9 Å². The second kappa shape index (κ2) is 6.40. The van der Waals surface area contributed by atoms with Gasteiger partial charge in [0.1, 0.15) is 5.69 Å². The van der Waals surface area contributed by atoms with Gasteiger partial charge in [-0.25, -0.2) is 13.5 Å². The number of nitrogens with zero attached hydrogens (tertiary/aromatic N) is 3. The number of halogens is 5. The topological polar surface area (TPSA) is 59.8 Å². The molecule has 0 bridgehead atoms. The first-order chi connectivity index (χ1) is 10.6. The monoisotopic (exact) mass is 340 g/mol. The smallest absolute Gasteiger partial charge is 0.348 e. The van der Waals surface area contributed by atoms with Crippen molar-refractivity contribution in [3.63, 3.8) is 0 Å². The van der Waals surface area contributed by atoms with Crippen LogP contribution in [-0.2, 0) is 6.54 Å². The van der Waals surface area contributed by atoms with Gasteiger partial charge < -0.3 is 5.32 Å². The van der Waals surface area contributed by atoms with E-state index in [0.717, 1.165) is 4.68 Å². The number of rotatable bonds is 4. The van der Waals surface area contributed by atoms with Crippen molar-refractivity contribution in [1.82, 2.24) is 20.3 Å². The Morgan fingerprint density at radius 1 is 1.35 bits per heavy atom. The fourth-order valence-corrected chi connectivity index (χ4v) is 2.51. The van der Waals surface area contributed by atoms with Crippen LogP contribution in [0.25, 0.3) is 0 Å². The summed E-state index contributed by atoms with van der Waals surface area (Å²) in [5, 5.41) is 9.74. The zero-order valence-corrected chi connectivity index (χ0v) is 12.5. The Morgan fingerprint density at radius 3 is 2.52 bits per heavy atom. The largest absolute Gasteiger partial charge is 0.390 e. The van der Waals surface area contributed by atoms with Crippen LogP contribution in [-0.4, -0.2) is 39.0 Å². The summed E-state index contributed by atoms with van der Waals surface area (Å²) in [4.78, 5) is 12.2. The Kier molecular flexibility index (Phi) is 4.90. The quantitative estimate of drug-likeness (QED) is 0.858. The molecule has 1 aromatic heterocycles. The van der Waals surface area contributed by atoms with E-state index in [1.165, 1.54) is 6.92 Å². The Balaban J connectivity index is 2.01. The molecule has 1 fully saturated rings. The van der Waals surface area contributed by atoms with Crippen molar-refractivity contribution in [3.05, 3.63) is 11.4 Å². The summed E-state index contributed by atoms with van der Waals surface area (Å²) < 4.78 is 63.9. The van der Waals surface area contributed by atoms with Crippen LogP contribution < -0.4 is 5.32 Å². The molecule has 1 aromatic rings. The van der Waals surface area contributed by atoms with Crippen molar-refractivity contribution in [2.75, 3.05) is 0 Å². The Bertz CT molecular complexity index is 559. The molecule has 0 aliphatic heterocycles. The van der Waals surface area contributed by atoms with E-state index >= 15 is 0 Å². The van der Waals surface area contributed by atoms with Gasteiger partial charge in [-0.3, -0.25) is 4.79 Å². The molecule has 0 saturated heterocycles. The van der Waals surface area contributed by atoms with Crippen LogP contribution in [0.15, 0.2) is 0 Å². The highest BCUT2D eigenvalue weighted by atomic mass is 19.4. The normalized spacial score (nSPS) is 18.9.